The minimum atomic E-state index is 0.809. The number of rotatable bonds is 2. The Morgan fingerprint density at radius 2 is 1.18 bits per heavy atom. The van der Waals surface area contributed by atoms with Gasteiger partial charge in [-0.1, -0.05) is 43.3 Å². The summed E-state index contributed by atoms with van der Waals surface area (Å²) in [5.41, 5.74) is 7.73. The zero-order valence-electron chi connectivity index (χ0n) is 10.6. The van der Waals surface area contributed by atoms with Gasteiger partial charge in [0.25, 0.3) is 0 Å². The summed E-state index contributed by atoms with van der Waals surface area (Å²) in [4.78, 5) is 2.47. The van der Waals surface area contributed by atoms with Gasteiger partial charge in [0.05, 0.1) is 0 Å². The molecule has 2 aromatic carbocycles. The molecule has 0 bridgehead atoms. The maximum Gasteiger partial charge on any atom is 0.0314 e. The largest absolute Gasteiger partial charge is 0.399 e. The minimum Gasteiger partial charge on any atom is -0.399 e. The SMILES string of the molecule is CC.Cc1ccc(Sc2ccc(N)cc2)cc1. The molecule has 0 amide bonds. The Morgan fingerprint density at radius 1 is 0.765 bits per heavy atom. The summed E-state index contributed by atoms with van der Waals surface area (Å²) in [5.74, 6) is 0. The molecule has 0 heterocycles. The first-order chi connectivity index (χ1) is 8.24. The van der Waals surface area contributed by atoms with E-state index < -0.39 is 0 Å². The van der Waals surface area contributed by atoms with Gasteiger partial charge in [-0.2, -0.15) is 0 Å². The second kappa shape index (κ2) is 7.02. The number of nitrogens with two attached hydrogens (primary N) is 1. The van der Waals surface area contributed by atoms with E-state index in [0.29, 0.717) is 0 Å². The van der Waals surface area contributed by atoms with E-state index >= 15 is 0 Å². The van der Waals surface area contributed by atoms with E-state index in [4.69, 9.17) is 5.73 Å². The van der Waals surface area contributed by atoms with Crippen LogP contribution in [-0.4, -0.2) is 0 Å². The molecule has 2 rings (SSSR count). The normalized spacial score (nSPS) is 9.35. The molecule has 90 valence electrons. The molecule has 0 aromatic heterocycles. The van der Waals surface area contributed by atoms with E-state index in [1.807, 2.05) is 38.1 Å². The smallest absolute Gasteiger partial charge is 0.0314 e. The van der Waals surface area contributed by atoms with Crippen LogP contribution in [0.4, 0.5) is 5.69 Å². The van der Waals surface area contributed by atoms with Crippen LogP contribution in [0.3, 0.4) is 0 Å². The number of hydrogen-bond donors (Lipinski definition) is 1. The highest BCUT2D eigenvalue weighted by Gasteiger charge is 1.96. The number of aryl methyl sites for hydroxylation is 1. The summed E-state index contributed by atoms with van der Waals surface area (Å²) in [5, 5.41) is 0. The molecule has 0 atom stereocenters. The van der Waals surface area contributed by atoms with Gasteiger partial charge in [0.2, 0.25) is 0 Å². The van der Waals surface area contributed by atoms with Crippen LogP contribution in [0.2, 0.25) is 0 Å². The van der Waals surface area contributed by atoms with Gasteiger partial charge in [0.1, 0.15) is 0 Å². The third-order valence-corrected chi connectivity index (χ3v) is 3.15. The van der Waals surface area contributed by atoms with Crippen LogP contribution in [0.1, 0.15) is 19.4 Å². The highest BCUT2D eigenvalue weighted by Crippen LogP contribution is 2.28. The molecule has 0 aliphatic carbocycles. The zero-order valence-corrected chi connectivity index (χ0v) is 11.4. The lowest BCUT2D eigenvalue weighted by Crippen LogP contribution is -1.82. The van der Waals surface area contributed by atoms with Crippen LogP contribution in [-0.2, 0) is 0 Å². The zero-order chi connectivity index (χ0) is 12.7. The van der Waals surface area contributed by atoms with Crippen LogP contribution in [0.5, 0.6) is 0 Å². The fourth-order valence-corrected chi connectivity index (χ4v) is 2.09. The number of hydrogen-bond acceptors (Lipinski definition) is 2. The summed E-state index contributed by atoms with van der Waals surface area (Å²) in [6.45, 7) is 6.09. The molecule has 2 heteroatoms. The summed E-state index contributed by atoms with van der Waals surface area (Å²) in [6, 6.07) is 16.5. The van der Waals surface area contributed by atoms with Gasteiger partial charge in [-0.3, -0.25) is 0 Å². The third kappa shape index (κ3) is 4.53. The second-order valence-electron chi connectivity index (χ2n) is 3.48. The monoisotopic (exact) mass is 245 g/mol. The lowest BCUT2D eigenvalue weighted by atomic mass is 10.2. The van der Waals surface area contributed by atoms with Crippen molar-refractivity contribution in [2.45, 2.75) is 30.6 Å². The van der Waals surface area contributed by atoms with E-state index in [1.54, 1.807) is 11.8 Å². The fraction of sp³-hybridized carbons (Fsp3) is 0.200. The van der Waals surface area contributed by atoms with Gasteiger partial charge >= 0.3 is 0 Å². The molecule has 2 N–H and O–H groups in total. The average molecular weight is 245 g/mol. The Morgan fingerprint density at radius 3 is 1.65 bits per heavy atom. The van der Waals surface area contributed by atoms with Crippen molar-refractivity contribution in [1.29, 1.82) is 0 Å². The van der Waals surface area contributed by atoms with Crippen molar-refractivity contribution in [3.63, 3.8) is 0 Å². The highest BCUT2D eigenvalue weighted by molar-refractivity contribution is 7.99. The van der Waals surface area contributed by atoms with Crippen LogP contribution in [0.15, 0.2) is 58.3 Å². The quantitative estimate of drug-likeness (QED) is 0.772. The van der Waals surface area contributed by atoms with Crippen molar-refractivity contribution < 1.29 is 0 Å². The van der Waals surface area contributed by atoms with Crippen LogP contribution in [0, 0.1) is 6.92 Å². The van der Waals surface area contributed by atoms with Gasteiger partial charge in [-0.15, -0.1) is 0 Å². The predicted molar refractivity (Wildman–Crippen MR) is 77.5 cm³/mol. The van der Waals surface area contributed by atoms with Crippen LogP contribution in [0.25, 0.3) is 0 Å². The minimum absolute atomic E-state index is 0.809. The summed E-state index contributed by atoms with van der Waals surface area (Å²) in [7, 11) is 0. The topological polar surface area (TPSA) is 26.0 Å². The molecule has 1 nitrogen and oxygen atoms in total. The Bertz CT molecular complexity index is 388. The van der Waals surface area contributed by atoms with Gasteiger partial charge in [-0.05, 0) is 43.3 Å². The maximum atomic E-state index is 5.63. The summed E-state index contributed by atoms with van der Waals surface area (Å²) < 4.78 is 0. The lowest BCUT2D eigenvalue weighted by Gasteiger charge is -2.02. The number of nitrogen functional groups attached to an aromatic ring is 1. The van der Waals surface area contributed by atoms with E-state index in [0.717, 1.165) is 5.69 Å². The van der Waals surface area contributed by atoms with Gasteiger partial charge in [0, 0.05) is 15.5 Å². The second-order valence-corrected chi connectivity index (χ2v) is 4.63. The van der Waals surface area contributed by atoms with E-state index in [1.165, 1.54) is 15.4 Å². The first-order valence-corrected chi connectivity index (χ1v) is 6.66. The van der Waals surface area contributed by atoms with Crippen molar-refractivity contribution in [3.05, 3.63) is 54.1 Å². The average Bonchev–Trinajstić information content (AvgIpc) is 2.37. The van der Waals surface area contributed by atoms with Crippen molar-refractivity contribution in [3.8, 4) is 0 Å². The fourth-order valence-electron chi connectivity index (χ4n) is 1.28. The molecule has 0 saturated heterocycles. The van der Waals surface area contributed by atoms with Gasteiger partial charge in [-0.25, -0.2) is 0 Å². The van der Waals surface area contributed by atoms with Gasteiger partial charge < -0.3 is 5.73 Å². The first-order valence-electron chi connectivity index (χ1n) is 5.84. The Labute approximate surface area is 108 Å². The first kappa shape index (κ1) is 13.7. The molecule has 0 aliphatic heterocycles. The Balaban J connectivity index is 0.000000686. The van der Waals surface area contributed by atoms with Crippen molar-refractivity contribution >= 4 is 17.4 Å². The number of benzene rings is 2. The number of anilines is 1. The Kier molecular flexibility index (Phi) is 5.64. The van der Waals surface area contributed by atoms with E-state index in [-0.39, 0.29) is 0 Å². The van der Waals surface area contributed by atoms with Crippen LogP contribution >= 0.6 is 11.8 Å². The molecule has 0 aliphatic rings. The predicted octanol–water partition coefficient (Wildman–Crippen LogP) is 4.75. The van der Waals surface area contributed by atoms with Crippen molar-refractivity contribution in [2.75, 3.05) is 5.73 Å². The molecule has 0 radical (unpaired) electrons. The molecule has 0 spiro atoms. The molecule has 17 heavy (non-hydrogen) atoms. The van der Waals surface area contributed by atoms with Crippen molar-refractivity contribution in [1.82, 2.24) is 0 Å². The molecular formula is C15H19NS. The molecular weight excluding hydrogens is 226 g/mol. The van der Waals surface area contributed by atoms with Crippen molar-refractivity contribution in [2.24, 2.45) is 0 Å². The van der Waals surface area contributed by atoms with Gasteiger partial charge in [0.15, 0.2) is 0 Å². The molecule has 0 unspecified atom stereocenters. The molecule has 0 saturated carbocycles. The van der Waals surface area contributed by atoms with Crippen LogP contribution < -0.4 is 5.73 Å². The van der Waals surface area contributed by atoms with E-state index in [2.05, 4.69) is 31.2 Å². The molecule has 2 aromatic rings. The Hall–Kier alpha value is -1.41. The van der Waals surface area contributed by atoms with E-state index in [9.17, 15) is 0 Å². The summed E-state index contributed by atoms with van der Waals surface area (Å²) >= 11 is 1.75. The third-order valence-electron chi connectivity index (χ3n) is 2.14. The molecule has 0 fully saturated rings. The standard InChI is InChI=1S/C13H13NS.C2H6/c1-10-2-6-12(7-3-10)15-13-8-4-11(14)5-9-13;1-2/h2-9H,14H2,1H3;1-2H3. The summed E-state index contributed by atoms with van der Waals surface area (Å²) in [6.07, 6.45) is 0. The highest BCUT2D eigenvalue weighted by atomic mass is 32.2. The lowest BCUT2D eigenvalue weighted by molar-refractivity contribution is 1.36. The maximum absolute atomic E-state index is 5.63.